The van der Waals surface area contributed by atoms with Crippen molar-refractivity contribution >= 4 is 17.4 Å². The lowest BCUT2D eigenvalue weighted by molar-refractivity contribution is 0.0974. The van der Waals surface area contributed by atoms with Crippen LogP contribution >= 0.6 is 11.6 Å². The highest BCUT2D eigenvalue weighted by atomic mass is 35.5. The summed E-state index contributed by atoms with van der Waals surface area (Å²) in [6.07, 6.45) is 4.35. The number of aromatic nitrogens is 1. The van der Waals surface area contributed by atoms with Crippen molar-refractivity contribution in [2.24, 2.45) is 5.92 Å². The molecule has 1 aromatic heterocycles. The maximum Gasteiger partial charge on any atom is 0.126 e. The first kappa shape index (κ1) is 10.4. The van der Waals surface area contributed by atoms with Gasteiger partial charge in [0.25, 0.3) is 0 Å². The summed E-state index contributed by atoms with van der Waals surface area (Å²) in [7, 11) is 0. The van der Waals surface area contributed by atoms with Gasteiger partial charge >= 0.3 is 0 Å². The van der Waals surface area contributed by atoms with Crippen LogP contribution in [0.15, 0.2) is 18.3 Å². The summed E-state index contributed by atoms with van der Waals surface area (Å²) in [6, 6.07) is 4.41. The van der Waals surface area contributed by atoms with Gasteiger partial charge in [-0.25, -0.2) is 4.98 Å². The molecule has 0 saturated carbocycles. The minimum absolute atomic E-state index is 0.566. The van der Waals surface area contributed by atoms with Gasteiger partial charge in [-0.15, -0.1) is 0 Å². The lowest BCUT2D eigenvalue weighted by atomic mass is 9.84. The van der Waals surface area contributed by atoms with E-state index in [-0.39, 0.29) is 0 Å². The summed E-state index contributed by atoms with van der Waals surface area (Å²) in [6.45, 7) is 3.71. The Morgan fingerprint density at radius 2 is 2.12 bits per heavy atom. The molecular weight excluding hydrogens is 222 g/mol. The maximum absolute atomic E-state index is 5.82. The van der Waals surface area contributed by atoms with Crippen molar-refractivity contribution in [2.75, 3.05) is 25.0 Å². The Morgan fingerprint density at radius 3 is 2.69 bits per heavy atom. The second-order valence-electron chi connectivity index (χ2n) is 4.75. The lowest BCUT2D eigenvalue weighted by Gasteiger charge is -2.45. The second kappa shape index (κ2) is 4.22. The first-order valence-electron chi connectivity index (χ1n) is 5.92. The van der Waals surface area contributed by atoms with E-state index in [4.69, 9.17) is 11.6 Å². The van der Waals surface area contributed by atoms with E-state index in [0.717, 1.165) is 18.3 Å². The molecule has 1 N–H and O–H groups in total. The Hall–Kier alpha value is -0.800. The standard InChI is InChI=1S/C12H16ClN3/c13-10-1-2-12(14-7-10)15-11-8-16-5-3-9(11)4-6-16/h1-2,7,9,11H,3-6,8H2,(H,14,15). The molecule has 0 aliphatic carbocycles. The Kier molecular flexibility index (Phi) is 2.74. The Bertz CT molecular complexity index is 357. The molecule has 1 unspecified atom stereocenters. The summed E-state index contributed by atoms with van der Waals surface area (Å²) in [5.74, 6) is 1.77. The summed E-state index contributed by atoms with van der Waals surface area (Å²) in [4.78, 5) is 6.83. The first-order valence-corrected chi connectivity index (χ1v) is 6.29. The molecule has 16 heavy (non-hydrogen) atoms. The van der Waals surface area contributed by atoms with E-state index < -0.39 is 0 Å². The van der Waals surface area contributed by atoms with Gasteiger partial charge in [-0.05, 0) is 44.0 Å². The number of nitrogens with zero attached hydrogens (tertiary/aromatic N) is 2. The average molecular weight is 238 g/mol. The van der Waals surface area contributed by atoms with Crippen molar-refractivity contribution in [1.29, 1.82) is 0 Å². The zero-order chi connectivity index (χ0) is 11.0. The fraction of sp³-hybridized carbons (Fsp3) is 0.583. The van der Waals surface area contributed by atoms with Crippen LogP contribution in [0.2, 0.25) is 5.02 Å². The Balaban J connectivity index is 1.68. The molecule has 4 heterocycles. The zero-order valence-corrected chi connectivity index (χ0v) is 9.95. The number of piperidine rings is 3. The summed E-state index contributed by atoms with van der Waals surface area (Å²) >= 11 is 5.82. The van der Waals surface area contributed by atoms with Crippen LogP contribution in [0.25, 0.3) is 0 Å². The summed E-state index contributed by atoms with van der Waals surface area (Å²) in [5, 5.41) is 4.22. The zero-order valence-electron chi connectivity index (χ0n) is 9.19. The van der Waals surface area contributed by atoms with Crippen LogP contribution in [0.1, 0.15) is 12.8 Å². The fourth-order valence-electron chi connectivity index (χ4n) is 2.78. The van der Waals surface area contributed by atoms with E-state index in [2.05, 4.69) is 15.2 Å². The molecule has 0 spiro atoms. The van der Waals surface area contributed by atoms with E-state index >= 15 is 0 Å². The molecule has 4 rings (SSSR count). The SMILES string of the molecule is Clc1ccc(NC2CN3CCC2CC3)nc1. The van der Waals surface area contributed by atoms with E-state index in [1.165, 1.54) is 25.9 Å². The highest BCUT2D eigenvalue weighted by molar-refractivity contribution is 6.30. The summed E-state index contributed by atoms with van der Waals surface area (Å²) < 4.78 is 0. The number of hydrogen-bond acceptors (Lipinski definition) is 3. The molecule has 3 fully saturated rings. The third-order valence-electron chi connectivity index (χ3n) is 3.72. The van der Waals surface area contributed by atoms with Gasteiger partial charge in [-0.3, -0.25) is 0 Å². The molecule has 2 bridgehead atoms. The molecule has 3 nitrogen and oxygen atoms in total. The van der Waals surface area contributed by atoms with Crippen LogP contribution in [0.4, 0.5) is 5.82 Å². The average Bonchev–Trinajstić information content (AvgIpc) is 2.34. The molecule has 0 radical (unpaired) electrons. The fourth-order valence-corrected chi connectivity index (χ4v) is 2.89. The predicted molar refractivity (Wildman–Crippen MR) is 65.8 cm³/mol. The molecular formula is C12H16ClN3. The number of hydrogen-bond donors (Lipinski definition) is 1. The molecule has 0 aromatic carbocycles. The highest BCUT2D eigenvalue weighted by Gasteiger charge is 2.33. The van der Waals surface area contributed by atoms with Crippen LogP contribution in [0.3, 0.4) is 0 Å². The monoisotopic (exact) mass is 237 g/mol. The largest absolute Gasteiger partial charge is 0.366 e. The predicted octanol–water partition coefficient (Wildman–Crippen LogP) is 2.24. The number of rotatable bonds is 2. The van der Waals surface area contributed by atoms with Gasteiger partial charge in [0.1, 0.15) is 5.82 Å². The lowest BCUT2D eigenvalue weighted by Crippen LogP contribution is -2.53. The van der Waals surface area contributed by atoms with Gasteiger partial charge in [-0.1, -0.05) is 11.6 Å². The van der Waals surface area contributed by atoms with E-state index in [1.807, 2.05) is 12.1 Å². The maximum atomic E-state index is 5.82. The minimum Gasteiger partial charge on any atom is -0.366 e. The molecule has 86 valence electrons. The number of nitrogens with one attached hydrogen (secondary N) is 1. The van der Waals surface area contributed by atoms with Crippen LogP contribution in [-0.2, 0) is 0 Å². The Labute approximate surface area is 101 Å². The van der Waals surface area contributed by atoms with E-state index in [1.54, 1.807) is 6.20 Å². The van der Waals surface area contributed by atoms with E-state index in [9.17, 15) is 0 Å². The number of halogens is 1. The van der Waals surface area contributed by atoms with Crippen LogP contribution in [0, 0.1) is 5.92 Å². The molecule has 3 aliphatic rings. The smallest absolute Gasteiger partial charge is 0.126 e. The first-order chi connectivity index (χ1) is 7.81. The van der Waals surface area contributed by atoms with Crippen molar-refractivity contribution < 1.29 is 0 Å². The number of fused-ring (bicyclic) bond motifs is 3. The van der Waals surface area contributed by atoms with Crippen molar-refractivity contribution in [3.05, 3.63) is 23.4 Å². The third kappa shape index (κ3) is 2.02. The van der Waals surface area contributed by atoms with Crippen molar-refractivity contribution in [3.8, 4) is 0 Å². The van der Waals surface area contributed by atoms with Crippen LogP contribution in [0.5, 0.6) is 0 Å². The second-order valence-corrected chi connectivity index (χ2v) is 5.19. The molecule has 3 aliphatic heterocycles. The quantitative estimate of drug-likeness (QED) is 0.855. The van der Waals surface area contributed by atoms with Gasteiger partial charge in [0.15, 0.2) is 0 Å². The topological polar surface area (TPSA) is 28.2 Å². The van der Waals surface area contributed by atoms with Gasteiger partial charge in [0.2, 0.25) is 0 Å². The molecule has 3 saturated heterocycles. The van der Waals surface area contributed by atoms with Gasteiger partial charge < -0.3 is 10.2 Å². The number of pyridine rings is 1. The number of anilines is 1. The molecule has 1 aromatic rings. The molecule has 4 heteroatoms. The van der Waals surface area contributed by atoms with Gasteiger partial charge in [0, 0.05) is 18.8 Å². The minimum atomic E-state index is 0.566. The molecule has 1 atom stereocenters. The normalized spacial score (nSPS) is 32.7. The van der Waals surface area contributed by atoms with Gasteiger partial charge in [-0.2, -0.15) is 0 Å². The highest BCUT2D eigenvalue weighted by Crippen LogP contribution is 2.29. The van der Waals surface area contributed by atoms with E-state index in [0.29, 0.717) is 11.1 Å². The molecule has 0 amide bonds. The third-order valence-corrected chi connectivity index (χ3v) is 3.94. The Morgan fingerprint density at radius 1 is 1.31 bits per heavy atom. The van der Waals surface area contributed by atoms with Crippen molar-refractivity contribution in [3.63, 3.8) is 0 Å². The van der Waals surface area contributed by atoms with Crippen LogP contribution < -0.4 is 5.32 Å². The van der Waals surface area contributed by atoms with Crippen molar-refractivity contribution in [1.82, 2.24) is 9.88 Å². The van der Waals surface area contributed by atoms with Crippen molar-refractivity contribution in [2.45, 2.75) is 18.9 Å². The summed E-state index contributed by atoms with van der Waals surface area (Å²) in [5.41, 5.74) is 0. The van der Waals surface area contributed by atoms with Gasteiger partial charge in [0.05, 0.1) is 5.02 Å². The van der Waals surface area contributed by atoms with Crippen LogP contribution in [-0.4, -0.2) is 35.6 Å².